The second-order valence-electron chi connectivity index (χ2n) is 5.05. The molecule has 128 valence electrons. The maximum Gasteiger partial charge on any atom is 0.249 e. The lowest BCUT2D eigenvalue weighted by Crippen LogP contribution is -2.37. The van der Waals surface area contributed by atoms with Crippen LogP contribution in [0.5, 0.6) is 11.5 Å². The predicted octanol–water partition coefficient (Wildman–Crippen LogP) is 2.12. The summed E-state index contributed by atoms with van der Waals surface area (Å²) in [6.07, 6.45) is 1.64. The highest BCUT2D eigenvalue weighted by Gasteiger charge is 2.15. The Morgan fingerprint density at radius 1 is 1.17 bits per heavy atom. The molecule has 1 N–H and O–H groups in total. The zero-order valence-electron chi connectivity index (χ0n) is 13.5. The van der Waals surface area contributed by atoms with E-state index in [0.717, 1.165) is 18.9 Å². The zero-order chi connectivity index (χ0) is 16.9. The van der Waals surface area contributed by atoms with Crippen molar-refractivity contribution in [3.05, 3.63) is 23.4 Å². The molecule has 0 saturated carbocycles. The Hall–Kier alpha value is -2.32. The van der Waals surface area contributed by atoms with Gasteiger partial charge in [0.15, 0.2) is 5.82 Å². The van der Waals surface area contributed by atoms with Crippen molar-refractivity contribution >= 4 is 29.1 Å². The van der Waals surface area contributed by atoms with Gasteiger partial charge in [-0.3, -0.25) is 0 Å². The number of aromatic nitrogens is 3. The van der Waals surface area contributed by atoms with Crippen molar-refractivity contribution in [1.29, 1.82) is 0 Å². The Kier molecular flexibility index (Phi) is 5.17. The fourth-order valence-electron chi connectivity index (χ4n) is 2.37. The van der Waals surface area contributed by atoms with Crippen molar-refractivity contribution in [3.8, 4) is 11.5 Å². The van der Waals surface area contributed by atoms with Gasteiger partial charge >= 0.3 is 0 Å². The maximum absolute atomic E-state index is 6.12. The molecule has 1 aliphatic heterocycles. The largest absolute Gasteiger partial charge is 0.495 e. The molecule has 0 unspecified atom stereocenters. The number of methoxy groups -OCH3 is 2. The lowest BCUT2D eigenvalue weighted by Gasteiger charge is -2.27. The molecule has 1 aliphatic rings. The van der Waals surface area contributed by atoms with Gasteiger partial charge in [0.05, 0.1) is 44.3 Å². The Bertz CT molecular complexity index is 710. The average molecular weight is 352 g/mol. The average Bonchev–Trinajstić information content (AvgIpc) is 2.63. The Labute approximate surface area is 144 Å². The van der Waals surface area contributed by atoms with Gasteiger partial charge in [0, 0.05) is 25.2 Å². The fourth-order valence-corrected chi connectivity index (χ4v) is 2.60. The third kappa shape index (κ3) is 3.60. The highest BCUT2D eigenvalue weighted by molar-refractivity contribution is 6.32. The second-order valence-corrected chi connectivity index (χ2v) is 5.46. The highest BCUT2D eigenvalue weighted by atomic mass is 35.5. The summed E-state index contributed by atoms with van der Waals surface area (Å²) < 4.78 is 15.9. The van der Waals surface area contributed by atoms with Crippen LogP contribution in [0.25, 0.3) is 0 Å². The molecule has 9 heteroatoms. The summed E-state index contributed by atoms with van der Waals surface area (Å²) in [6, 6.07) is 3.40. The van der Waals surface area contributed by atoms with E-state index in [0.29, 0.717) is 41.4 Å². The predicted molar refractivity (Wildman–Crippen MR) is 90.7 cm³/mol. The molecular formula is C15H18ClN5O3. The molecule has 0 radical (unpaired) electrons. The molecule has 3 rings (SSSR count). The van der Waals surface area contributed by atoms with E-state index >= 15 is 0 Å². The van der Waals surface area contributed by atoms with Gasteiger partial charge in [0.25, 0.3) is 0 Å². The number of nitrogens with zero attached hydrogens (tertiary/aromatic N) is 4. The second kappa shape index (κ2) is 7.50. The van der Waals surface area contributed by atoms with Crippen LogP contribution in [0.2, 0.25) is 5.02 Å². The standard InChI is InChI=1S/C15H18ClN5O3/c1-22-12-8-11(13(23-2)7-10(12)16)18-15-19-14(9-17-20-15)21-3-5-24-6-4-21/h7-9H,3-6H2,1-2H3,(H,18,19,20). The number of anilines is 3. The normalized spacial score (nSPS) is 14.4. The number of hydrogen-bond acceptors (Lipinski definition) is 8. The fraction of sp³-hybridized carbons (Fsp3) is 0.400. The molecule has 1 aromatic carbocycles. The van der Waals surface area contributed by atoms with Gasteiger partial charge in [-0.2, -0.15) is 10.1 Å². The number of ether oxygens (including phenoxy) is 3. The molecule has 0 spiro atoms. The molecule has 24 heavy (non-hydrogen) atoms. The summed E-state index contributed by atoms with van der Waals surface area (Å²) in [5, 5.41) is 11.6. The van der Waals surface area contributed by atoms with Crippen molar-refractivity contribution in [3.63, 3.8) is 0 Å². The molecule has 2 aromatic rings. The molecule has 0 aliphatic carbocycles. The van der Waals surface area contributed by atoms with Crippen LogP contribution in [0.3, 0.4) is 0 Å². The van der Waals surface area contributed by atoms with E-state index in [1.807, 2.05) is 0 Å². The summed E-state index contributed by atoms with van der Waals surface area (Å²) in [6.45, 7) is 2.90. The van der Waals surface area contributed by atoms with Crippen LogP contribution in [0, 0.1) is 0 Å². The quantitative estimate of drug-likeness (QED) is 0.877. The third-order valence-electron chi connectivity index (χ3n) is 3.60. The Morgan fingerprint density at radius 2 is 1.92 bits per heavy atom. The first kappa shape index (κ1) is 16.5. The summed E-state index contributed by atoms with van der Waals surface area (Å²) in [5.74, 6) is 2.19. The van der Waals surface area contributed by atoms with Crippen molar-refractivity contribution in [2.24, 2.45) is 0 Å². The van der Waals surface area contributed by atoms with Crippen LogP contribution < -0.4 is 19.7 Å². The SMILES string of the molecule is COc1cc(Nc2nncc(N3CCOCC3)n2)c(OC)cc1Cl. The number of morpholine rings is 1. The van der Waals surface area contributed by atoms with Crippen LogP contribution in [0.1, 0.15) is 0 Å². The molecule has 2 heterocycles. The van der Waals surface area contributed by atoms with Gasteiger partial charge in [-0.05, 0) is 0 Å². The number of rotatable bonds is 5. The van der Waals surface area contributed by atoms with Gasteiger partial charge in [0.1, 0.15) is 11.5 Å². The van der Waals surface area contributed by atoms with E-state index in [4.69, 9.17) is 25.8 Å². The van der Waals surface area contributed by atoms with Gasteiger partial charge in [-0.15, -0.1) is 5.10 Å². The summed E-state index contributed by atoms with van der Waals surface area (Å²) in [4.78, 5) is 6.60. The van der Waals surface area contributed by atoms with Crippen molar-refractivity contribution < 1.29 is 14.2 Å². The first-order valence-electron chi connectivity index (χ1n) is 7.42. The number of nitrogens with one attached hydrogen (secondary N) is 1. The van der Waals surface area contributed by atoms with Gasteiger partial charge in [0.2, 0.25) is 5.95 Å². The molecule has 0 amide bonds. The zero-order valence-corrected chi connectivity index (χ0v) is 14.2. The highest BCUT2D eigenvalue weighted by Crippen LogP contribution is 2.36. The van der Waals surface area contributed by atoms with Crippen LogP contribution in [-0.2, 0) is 4.74 Å². The molecule has 0 atom stereocenters. The van der Waals surface area contributed by atoms with E-state index in [2.05, 4.69) is 25.4 Å². The molecule has 1 saturated heterocycles. The minimum atomic E-state index is 0.363. The molecule has 1 aromatic heterocycles. The Morgan fingerprint density at radius 3 is 2.62 bits per heavy atom. The lowest BCUT2D eigenvalue weighted by molar-refractivity contribution is 0.122. The van der Waals surface area contributed by atoms with E-state index in [1.165, 1.54) is 0 Å². The topological polar surface area (TPSA) is 81.6 Å². The third-order valence-corrected chi connectivity index (χ3v) is 3.90. The summed E-state index contributed by atoms with van der Waals surface area (Å²) >= 11 is 6.12. The minimum absolute atomic E-state index is 0.363. The maximum atomic E-state index is 6.12. The van der Waals surface area contributed by atoms with Crippen LogP contribution in [0.15, 0.2) is 18.3 Å². The summed E-state index contributed by atoms with van der Waals surface area (Å²) in [7, 11) is 3.11. The molecule has 1 fully saturated rings. The smallest absolute Gasteiger partial charge is 0.249 e. The lowest BCUT2D eigenvalue weighted by atomic mass is 10.2. The first-order valence-corrected chi connectivity index (χ1v) is 7.80. The summed E-state index contributed by atoms with van der Waals surface area (Å²) in [5.41, 5.74) is 0.639. The van der Waals surface area contributed by atoms with Crippen molar-refractivity contribution in [2.45, 2.75) is 0 Å². The Balaban J connectivity index is 1.85. The van der Waals surface area contributed by atoms with Crippen LogP contribution >= 0.6 is 11.6 Å². The molecular weight excluding hydrogens is 334 g/mol. The number of hydrogen-bond donors (Lipinski definition) is 1. The van der Waals surface area contributed by atoms with Crippen LogP contribution in [0.4, 0.5) is 17.5 Å². The van der Waals surface area contributed by atoms with Gasteiger partial charge < -0.3 is 24.4 Å². The molecule has 0 bridgehead atoms. The number of benzene rings is 1. The first-order chi connectivity index (χ1) is 11.7. The monoisotopic (exact) mass is 351 g/mol. The van der Waals surface area contributed by atoms with E-state index in [1.54, 1.807) is 32.5 Å². The van der Waals surface area contributed by atoms with Crippen molar-refractivity contribution in [2.75, 3.05) is 50.7 Å². The van der Waals surface area contributed by atoms with E-state index < -0.39 is 0 Å². The van der Waals surface area contributed by atoms with E-state index in [-0.39, 0.29) is 0 Å². The molecule has 8 nitrogen and oxygen atoms in total. The van der Waals surface area contributed by atoms with E-state index in [9.17, 15) is 0 Å². The van der Waals surface area contributed by atoms with Gasteiger partial charge in [-0.1, -0.05) is 11.6 Å². The van der Waals surface area contributed by atoms with Gasteiger partial charge in [-0.25, -0.2) is 0 Å². The van der Waals surface area contributed by atoms with Crippen LogP contribution in [-0.4, -0.2) is 55.7 Å². The van der Waals surface area contributed by atoms with Crippen molar-refractivity contribution in [1.82, 2.24) is 15.2 Å². The minimum Gasteiger partial charge on any atom is -0.495 e. The number of halogens is 1.